The molecule has 0 aliphatic carbocycles. The van der Waals surface area contributed by atoms with Gasteiger partial charge in [0, 0.05) is 18.8 Å². The number of hydrogen-bond donors (Lipinski definition) is 2. The number of nitrogens with two attached hydrogens (primary N) is 1. The van der Waals surface area contributed by atoms with Gasteiger partial charge in [-0.2, -0.15) is 0 Å². The van der Waals surface area contributed by atoms with Crippen LogP contribution in [0, 0.1) is 5.41 Å². The molecule has 0 aliphatic heterocycles. The number of aromatic nitrogens is 1. The lowest BCUT2D eigenvalue weighted by molar-refractivity contribution is 0.0900. The third kappa shape index (κ3) is 4.80. The highest BCUT2D eigenvalue weighted by Gasteiger charge is 2.25. The third-order valence-electron chi connectivity index (χ3n) is 2.55. The van der Waals surface area contributed by atoms with Gasteiger partial charge in [0.2, 0.25) is 0 Å². The Bertz CT molecular complexity index is 387. The largest absolute Gasteiger partial charge is 0.346 e. The van der Waals surface area contributed by atoms with Crippen LogP contribution in [0.3, 0.4) is 0 Å². The van der Waals surface area contributed by atoms with E-state index in [-0.39, 0.29) is 29.8 Å². The van der Waals surface area contributed by atoms with E-state index in [1.807, 2.05) is 20.8 Å². The number of carbonyl (C=O) groups is 1. The highest BCUT2D eigenvalue weighted by molar-refractivity contribution is 6.30. The van der Waals surface area contributed by atoms with E-state index in [0.717, 1.165) is 0 Å². The summed E-state index contributed by atoms with van der Waals surface area (Å²) in [4.78, 5) is 15.9. The highest BCUT2D eigenvalue weighted by Crippen LogP contribution is 2.18. The van der Waals surface area contributed by atoms with Crippen molar-refractivity contribution in [3.05, 3.63) is 29.0 Å². The van der Waals surface area contributed by atoms with E-state index < -0.39 is 0 Å². The second-order valence-corrected chi connectivity index (χ2v) is 5.43. The molecule has 1 unspecified atom stereocenters. The number of carbonyl (C=O) groups excluding carboxylic acids is 1. The van der Waals surface area contributed by atoms with Crippen LogP contribution in [0.15, 0.2) is 18.3 Å². The molecule has 0 fully saturated rings. The molecule has 6 heteroatoms. The van der Waals surface area contributed by atoms with Crippen molar-refractivity contribution in [2.45, 2.75) is 26.8 Å². The number of rotatable bonds is 3. The average molecular weight is 292 g/mol. The minimum atomic E-state index is -0.230. The molecule has 0 saturated carbocycles. The van der Waals surface area contributed by atoms with Crippen LogP contribution < -0.4 is 11.1 Å². The van der Waals surface area contributed by atoms with Crippen LogP contribution in [0.1, 0.15) is 31.3 Å². The summed E-state index contributed by atoms with van der Waals surface area (Å²) in [6.45, 7) is 6.48. The Morgan fingerprint density at radius 1 is 1.50 bits per heavy atom. The Labute approximate surface area is 119 Å². The van der Waals surface area contributed by atoms with E-state index >= 15 is 0 Å². The van der Waals surface area contributed by atoms with Crippen molar-refractivity contribution in [1.82, 2.24) is 10.3 Å². The second kappa shape index (κ2) is 6.92. The van der Waals surface area contributed by atoms with Gasteiger partial charge in [-0.1, -0.05) is 32.4 Å². The Morgan fingerprint density at radius 2 is 2.11 bits per heavy atom. The quantitative estimate of drug-likeness (QED) is 0.898. The number of amides is 1. The third-order valence-corrected chi connectivity index (χ3v) is 2.77. The number of pyridine rings is 1. The molecule has 0 aromatic carbocycles. The molecular weight excluding hydrogens is 273 g/mol. The molecule has 0 spiro atoms. The zero-order chi connectivity index (χ0) is 13.1. The fourth-order valence-electron chi connectivity index (χ4n) is 1.37. The van der Waals surface area contributed by atoms with Crippen molar-refractivity contribution in [2.75, 3.05) is 6.54 Å². The first-order chi connectivity index (χ1) is 7.84. The zero-order valence-electron chi connectivity index (χ0n) is 10.7. The van der Waals surface area contributed by atoms with Crippen LogP contribution in [0.5, 0.6) is 0 Å². The predicted octanol–water partition coefficient (Wildman–Crippen LogP) is 2.26. The topological polar surface area (TPSA) is 68.0 Å². The van der Waals surface area contributed by atoms with Gasteiger partial charge in [-0.05, 0) is 17.5 Å². The number of nitrogens with zero attached hydrogens (tertiary/aromatic N) is 1. The summed E-state index contributed by atoms with van der Waals surface area (Å²) in [5.41, 5.74) is 5.91. The summed E-state index contributed by atoms with van der Waals surface area (Å²) < 4.78 is 0. The smallest absolute Gasteiger partial charge is 0.270 e. The van der Waals surface area contributed by atoms with Crippen LogP contribution in [0.2, 0.25) is 5.02 Å². The van der Waals surface area contributed by atoms with Crippen molar-refractivity contribution in [2.24, 2.45) is 11.1 Å². The molecule has 1 atom stereocenters. The lowest BCUT2D eigenvalue weighted by atomic mass is 9.86. The molecule has 0 saturated heterocycles. The van der Waals surface area contributed by atoms with E-state index in [1.165, 1.54) is 6.20 Å². The molecule has 1 aromatic heterocycles. The van der Waals surface area contributed by atoms with Crippen LogP contribution in [-0.4, -0.2) is 23.5 Å². The maximum Gasteiger partial charge on any atom is 0.270 e. The van der Waals surface area contributed by atoms with E-state index in [9.17, 15) is 4.79 Å². The molecule has 0 radical (unpaired) electrons. The van der Waals surface area contributed by atoms with Crippen LogP contribution >= 0.6 is 24.0 Å². The molecule has 0 bridgehead atoms. The molecule has 4 nitrogen and oxygen atoms in total. The normalized spacial score (nSPS) is 12.5. The fourth-order valence-corrected chi connectivity index (χ4v) is 1.48. The van der Waals surface area contributed by atoms with Gasteiger partial charge in [0.05, 0.1) is 5.02 Å². The Morgan fingerprint density at radius 3 is 2.50 bits per heavy atom. The molecule has 1 heterocycles. The van der Waals surface area contributed by atoms with E-state index in [1.54, 1.807) is 12.1 Å². The monoisotopic (exact) mass is 291 g/mol. The zero-order valence-corrected chi connectivity index (χ0v) is 12.3. The predicted molar refractivity (Wildman–Crippen MR) is 76.3 cm³/mol. The fraction of sp³-hybridized carbons (Fsp3) is 0.500. The second-order valence-electron chi connectivity index (χ2n) is 4.99. The van der Waals surface area contributed by atoms with E-state index in [2.05, 4.69) is 10.3 Å². The van der Waals surface area contributed by atoms with Crippen molar-refractivity contribution < 1.29 is 4.79 Å². The van der Waals surface area contributed by atoms with Gasteiger partial charge in [-0.15, -0.1) is 12.4 Å². The minimum Gasteiger partial charge on any atom is -0.346 e. The average Bonchev–Trinajstić information content (AvgIpc) is 2.24. The van der Waals surface area contributed by atoms with Gasteiger partial charge in [0.15, 0.2) is 0 Å². The van der Waals surface area contributed by atoms with Crippen molar-refractivity contribution in [3.8, 4) is 0 Å². The SMILES string of the molecule is CC(C)(C)C(CN)NC(=O)c1ccc(Cl)cn1.Cl. The maximum atomic E-state index is 11.9. The number of nitrogens with one attached hydrogen (secondary N) is 1. The van der Waals surface area contributed by atoms with Gasteiger partial charge >= 0.3 is 0 Å². The first kappa shape index (κ1) is 17.2. The van der Waals surface area contributed by atoms with Crippen molar-refractivity contribution >= 4 is 29.9 Å². The number of halogens is 2. The summed E-state index contributed by atoms with van der Waals surface area (Å²) in [5.74, 6) is -0.230. The van der Waals surface area contributed by atoms with Gasteiger partial charge < -0.3 is 11.1 Å². The first-order valence-corrected chi connectivity index (χ1v) is 5.85. The molecule has 0 aliphatic rings. The molecule has 102 valence electrons. The lowest BCUT2D eigenvalue weighted by Crippen LogP contribution is -2.48. The summed E-state index contributed by atoms with van der Waals surface area (Å²) >= 11 is 5.71. The maximum absolute atomic E-state index is 11.9. The van der Waals surface area contributed by atoms with Crippen LogP contribution in [0.25, 0.3) is 0 Å². The minimum absolute atomic E-state index is 0. The summed E-state index contributed by atoms with van der Waals surface area (Å²) in [6, 6.07) is 3.14. The molecule has 3 N–H and O–H groups in total. The Balaban J connectivity index is 0.00000289. The van der Waals surface area contributed by atoms with Gasteiger partial charge in [0.1, 0.15) is 5.69 Å². The van der Waals surface area contributed by atoms with Gasteiger partial charge in [-0.3, -0.25) is 4.79 Å². The number of hydrogen-bond acceptors (Lipinski definition) is 3. The lowest BCUT2D eigenvalue weighted by Gasteiger charge is -2.30. The molecule has 18 heavy (non-hydrogen) atoms. The Hall–Kier alpha value is -0.840. The van der Waals surface area contributed by atoms with Gasteiger partial charge in [-0.25, -0.2) is 4.98 Å². The van der Waals surface area contributed by atoms with E-state index in [4.69, 9.17) is 17.3 Å². The Kier molecular flexibility index (Phi) is 6.60. The molecule has 1 rings (SSSR count). The van der Waals surface area contributed by atoms with Crippen LogP contribution in [-0.2, 0) is 0 Å². The molecule has 1 amide bonds. The van der Waals surface area contributed by atoms with E-state index in [0.29, 0.717) is 17.3 Å². The van der Waals surface area contributed by atoms with Crippen molar-refractivity contribution in [3.63, 3.8) is 0 Å². The molecule has 1 aromatic rings. The van der Waals surface area contributed by atoms with Gasteiger partial charge in [0.25, 0.3) is 5.91 Å². The summed E-state index contributed by atoms with van der Waals surface area (Å²) in [6.07, 6.45) is 1.45. The summed E-state index contributed by atoms with van der Waals surface area (Å²) in [7, 11) is 0. The first-order valence-electron chi connectivity index (χ1n) is 5.47. The standard InChI is InChI=1S/C12H18ClN3O.ClH/c1-12(2,3)10(6-14)16-11(17)9-5-4-8(13)7-15-9;/h4-5,7,10H,6,14H2,1-3H3,(H,16,17);1H. The van der Waals surface area contributed by atoms with Crippen LogP contribution in [0.4, 0.5) is 0 Å². The van der Waals surface area contributed by atoms with Crippen molar-refractivity contribution in [1.29, 1.82) is 0 Å². The highest BCUT2D eigenvalue weighted by atomic mass is 35.5. The summed E-state index contributed by atoms with van der Waals surface area (Å²) in [5, 5.41) is 3.38. The molecular formula is C12H19Cl2N3O.